The molecule has 0 radical (unpaired) electrons. The minimum absolute atomic E-state index is 0.0592. The lowest BCUT2D eigenvalue weighted by molar-refractivity contribution is 0.0275. The minimum atomic E-state index is -2.37. The van der Waals surface area contributed by atoms with Gasteiger partial charge in [0.2, 0.25) is 0 Å². The van der Waals surface area contributed by atoms with Gasteiger partial charge in [-0.1, -0.05) is 31.2 Å². The molecule has 1 aromatic rings. The number of aryl methyl sites for hydroxylation is 1. The largest absolute Gasteiger partial charge is 0.444 e. The lowest BCUT2D eigenvalue weighted by Crippen LogP contribution is -2.35. The van der Waals surface area contributed by atoms with E-state index in [0.717, 1.165) is 12.0 Å². The third-order valence-electron chi connectivity index (χ3n) is 4.21. The van der Waals surface area contributed by atoms with E-state index in [4.69, 9.17) is 8.92 Å². The quantitative estimate of drug-likeness (QED) is 0.801. The summed E-state index contributed by atoms with van der Waals surface area (Å²) in [6.45, 7) is 8.54. The Bertz CT molecular complexity index is 611. The van der Waals surface area contributed by atoms with E-state index >= 15 is 0 Å². The highest BCUT2D eigenvalue weighted by Gasteiger charge is 2.36. The molecule has 0 spiro atoms. The van der Waals surface area contributed by atoms with Crippen molar-refractivity contribution in [2.45, 2.75) is 52.2 Å². The molecule has 7 heteroatoms. The first-order valence-electron chi connectivity index (χ1n) is 8.54. The van der Waals surface area contributed by atoms with Crippen molar-refractivity contribution in [2.24, 2.45) is 5.92 Å². The molecule has 0 saturated carbocycles. The molecule has 0 bridgehead atoms. The second-order valence-corrected chi connectivity index (χ2v) is 7.93. The van der Waals surface area contributed by atoms with Crippen LogP contribution in [-0.2, 0) is 26.7 Å². The van der Waals surface area contributed by atoms with Gasteiger partial charge in [-0.15, -0.1) is 0 Å². The number of rotatable bonds is 5. The van der Waals surface area contributed by atoms with Crippen molar-refractivity contribution in [3.63, 3.8) is 0 Å². The molecular formula is C18H27NO5S. The van der Waals surface area contributed by atoms with Gasteiger partial charge < -0.3 is 9.64 Å². The summed E-state index contributed by atoms with van der Waals surface area (Å²) < 4.78 is 31.1. The Labute approximate surface area is 152 Å². The first kappa shape index (κ1) is 19.9. The summed E-state index contributed by atoms with van der Waals surface area (Å²) in [5.41, 5.74) is 1.48. The molecule has 1 amide bonds. The van der Waals surface area contributed by atoms with Gasteiger partial charge in [0.25, 0.3) is 0 Å². The summed E-state index contributed by atoms with van der Waals surface area (Å²) in [5, 5.41) is 0. The Balaban J connectivity index is 2.11. The predicted octanol–water partition coefficient (Wildman–Crippen LogP) is 3.70. The first-order valence-corrected chi connectivity index (χ1v) is 9.57. The molecule has 1 aliphatic heterocycles. The minimum Gasteiger partial charge on any atom is -0.444 e. The molecule has 2 rings (SSSR count). The molecule has 3 unspecified atom stereocenters. The summed E-state index contributed by atoms with van der Waals surface area (Å²) in [6.07, 6.45) is 0.717. The zero-order valence-electron chi connectivity index (χ0n) is 15.2. The fraction of sp³-hybridized carbons (Fsp3) is 0.611. The molecule has 1 saturated heterocycles. The summed E-state index contributed by atoms with van der Waals surface area (Å²) in [7, 11) is 0. The maximum absolute atomic E-state index is 12.2. The summed E-state index contributed by atoms with van der Waals surface area (Å²) in [5.74, 6) is -0.0592. The van der Waals surface area contributed by atoms with Gasteiger partial charge in [0.05, 0.1) is 0 Å². The summed E-state index contributed by atoms with van der Waals surface area (Å²) >= 11 is -2.37. The number of hydrogen-bond acceptors (Lipinski definition) is 4. The Morgan fingerprint density at radius 3 is 2.52 bits per heavy atom. The van der Waals surface area contributed by atoms with Gasteiger partial charge in [0.15, 0.2) is 0 Å². The van der Waals surface area contributed by atoms with Gasteiger partial charge in [-0.3, -0.25) is 8.74 Å². The van der Waals surface area contributed by atoms with Gasteiger partial charge in [-0.05, 0) is 44.7 Å². The van der Waals surface area contributed by atoms with Crippen molar-refractivity contribution in [1.29, 1.82) is 0 Å². The molecule has 25 heavy (non-hydrogen) atoms. The monoisotopic (exact) mass is 369 g/mol. The van der Waals surface area contributed by atoms with Crippen LogP contribution in [0, 0.1) is 5.92 Å². The molecule has 3 atom stereocenters. The average molecular weight is 369 g/mol. The Morgan fingerprint density at radius 1 is 1.36 bits per heavy atom. The van der Waals surface area contributed by atoms with E-state index in [1.165, 1.54) is 5.56 Å². The molecule has 6 nitrogen and oxygen atoms in total. The van der Waals surface area contributed by atoms with Crippen molar-refractivity contribution >= 4 is 17.5 Å². The van der Waals surface area contributed by atoms with Gasteiger partial charge in [-0.2, -0.15) is 4.21 Å². The topological polar surface area (TPSA) is 76.1 Å². The molecular weight excluding hydrogens is 342 g/mol. The molecule has 1 heterocycles. The fourth-order valence-electron chi connectivity index (χ4n) is 2.96. The van der Waals surface area contributed by atoms with Crippen LogP contribution in [0.1, 0.15) is 51.3 Å². The third-order valence-corrected chi connectivity index (χ3v) is 4.58. The van der Waals surface area contributed by atoms with E-state index in [-0.39, 0.29) is 12.0 Å². The van der Waals surface area contributed by atoms with Gasteiger partial charge in [-0.25, -0.2) is 4.79 Å². The van der Waals surface area contributed by atoms with E-state index in [1.54, 1.807) is 4.90 Å². The number of hydrogen-bond donors (Lipinski definition) is 1. The molecule has 1 N–H and O–H groups in total. The molecule has 0 aliphatic carbocycles. The molecule has 1 fully saturated rings. The highest BCUT2D eigenvalue weighted by atomic mass is 32.2. The SMILES string of the molecule is CCc1ccc(C(OS(=O)O)C2CCN(C(=O)OC(C)(C)C)C2)cc1. The van der Waals surface area contributed by atoms with E-state index in [2.05, 4.69) is 6.92 Å². The molecule has 140 valence electrons. The predicted molar refractivity (Wildman–Crippen MR) is 96.3 cm³/mol. The van der Waals surface area contributed by atoms with Crippen molar-refractivity contribution in [2.75, 3.05) is 13.1 Å². The fourth-order valence-corrected chi connectivity index (χ4v) is 3.41. The van der Waals surface area contributed by atoms with Gasteiger partial charge in [0.1, 0.15) is 11.7 Å². The molecule has 1 aliphatic rings. The van der Waals surface area contributed by atoms with Gasteiger partial charge >= 0.3 is 17.5 Å². The third kappa shape index (κ3) is 5.80. The van der Waals surface area contributed by atoms with E-state index in [9.17, 15) is 13.6 Å². The lowest BCUT2D eigenvalue weighted by atomic mass is 9.94. The Kier molecular flexibility index (Phi) is 6.59. The smallest absolute Gasteiger partial charge is 0.410 e. The van der Waals surface area contributed by atoms with Crippen LogP contribution in [0.15, 0.2) is 24.3 Å². The van der Waals surface area contributed by atoms with Crippen LogP contribution in [0.3, 0.4) is 0 Å². The lowest BCUT2D eigenvalue weighted by Gasteiger charge is -2.26. The molecule has 1 aromatic carbocycles. The van der Waals surface area contributed by atoms with Crippen molar-refractivity contribution in [3.05, 3.63) is 35.4 Å². The van der Waals surface area contributed by atoms with Crippen LogP contribution < -0.4 is 0 Å². The maximum atomic E-state index is 12.2. The molecule has 0 aromatic heterocycles. The van der Waals surface area contributed by atoms with Crippen molar-refractivity contribution < 1.29 is 22.5 Å². The van der Waals surface area contributed by atoms with Crippen LogP contribution in [-0.4, -0.2) is 38.4 Å². The zero-order chi connectivity index (χ0) is 18.6. The number of benzene rings is 1. The summed E-state index contributed by atoms with van der Waals surface area (Å²) in [4.78, 5) is 13.9. The highest BCUT2D eigenvalue weighted by molar-refractivity contribution is 7.74. The second kappa shape index (κ2) is 8.29. The number of carbonyl (C=O) groups excluding carboxylic acids is 1. The van der Waals surface area contributed by atoms with Crippen LogP contribution >= 0.6 is 0 Å². The number of nitrogens with zero attached hydrogens (tertiary/aromatic N) is 1. The highest BCUT2D eigenvalue weighted by Crippen LogP contribution is 2.34. The zero-order valence-corrected chi connectivity index (χ0v) is 16.0. The average Bonchev–Trinajstić information content (AvgIpc) is 3.01. The van der Waals surface area contributed by atoms with Crippen LogP contribution in [0.4, 0.5) is 4.79 Å². The number of likely N-dealkylation sites (tertiary alicyclic amines) is 1. The van der Waals surface area contributed by atoms with Crippen LogP contribution in [0.2, 0.25) is 0 Å². The van der Waals surface area contributed by atoms with E-state index < -0.39 is 23.1 Å². The normalized spacial score (nSPS) is 20.4. The summed E-state index contributed by atoms with van der Waals surface area (Å²) in [6, 6.07) is 7.83. The Hall–Kier alpha value is -1.44. The first-order chi connectivity index (χ1) is 11.7. The number of amides is 1. The Morgan fingerprint density at radius 2 is 2.00 bits per heavy atom. The maximum Gasteiger partial charge on any atom is 0.410 e. The number of ether oxygens (including phenoxy) is 1. The number of carbonyl (C=O) groups is 1. The van der Waals surface area contributed by atoms with E-state index in [1.807, 2.05) is 45.0 Å². The van der Waals surface area contributed by atoms with E-state index in [0.29, 0.717) is 19.5 Å². The second-order valence-electron chi connectivity index (χ2n) is 7.30. The van der Waals surface area contributed by atoms with Crippen LogP contribution in [0.25, 0.3) is 0 Å². The van der Waals surface area contributed by atoms with Crippen molar-refractivity contribution in [1.82, 2.24) is 4.90 Å². The van der Waals surface area contributed by atoms with Gasteiger partial charge in [0, 0.05) is 19.0 Å². The standard InChI is InChI=1S/C18H27NO5S/c1-5-13-6-8-14(9-7-13)16(24-25(21)22)15-10-11-19(12-15)17(20)23-18(2,3)4/h6-9,15-16H,5,10-12H2,1-4H3,(H,21,22). The van der Waals surface area contributed by atoms with Crippen LogP contribution in [0.5, 0.6) is 0 Å². The van der Waals surface area contributed by atoms with Crippen molar-refractivity contribution in [3.8, 4) is 0 Å².